The second-order valence-electron chi connectivity index (χ2n) is 6.34. The van der Waals surface area contributed by atoms with Crippen LogP contribution in [-0.4, -0.2) is 32.7 Å². The van der Waals surface area contributed by atoms with E-state index in [9.17, 15) is 9.90 Å². The van der Waals surface area contributed by atoms with Crippen molar-refractivity contribution in [3.05, 3.63) is 40.6 Å². The lowest BCUT2D eigenvalue weighted by Crippen LogP contribution is -2.11. The lowest BCUT2D eigenvalue weighted by atomic mass is 10.00. The number of nitrogens with zero attached hydrogens (tertiary/aromatic N) is 2. The summed E-state index contributed by atoms with van der Waals surface area (Å²) < 4.78 is 0. The molecule has 0 saturated heterocycles. The Morgan fingerprint density at radius 1 is 1.27 bits per heavy atom. The Kier molecular flexibility index (Phi) is 6.77. The van der Waals surface area contributed by atoms with Gasteiger partial charge in [-0.3, -0.25) is 4.79 Å². The van der Waals surface area contributed by atoms with Gasteiger partial charge in [0.2, 0.25) is 5.95 Å². The third kappa shape index (κ3) is 5.34. The quantitative estimate of drug-likeness (QED) is 0.508. The molecule has 0 aliphatic carbocycles. The van der Waals surface area contributed by atoms with E-state index in [0.29, 0.717) is 23.4 Å². The van der Waals surface area contributed by atoms with E-state index in [-0.39, 0.29) is 18.1 Å². The molecule has 2 rings (SSSR count). The zero-order chi connectivity index (χ0) is 19.1. The number of aliphatic carboxylic acids is 1. The molecule has 26 heavy (non-hydrogen) atoms. The number of nitrogens with two attached hydrogens (primary N) is 1. The highest BCUT2D eigenvalue weighted by Gasteiger charge is 2.14. The lowest BCUT2D eigenvalue weighted by Gasteiger charge is -2.15. The van der Waals surface area contributed by atoms with E-state index in [1.807, 2.05) is 6.92 Å². The van der Waals surface area contributed by atoms with Gasteiger partial charge in [-0.2, -0.15) is 4.98 Å². The van der Waals surface area contributed by atoms with E-state index in [1.165, 1.54) is 6.07 Å². The molecule has 0 bridgehead atoms. The molecule has 7 nitrogen and oxygen atoms in total. The summed E-state index contributed by atoms with van der Waals surface area (Å²) >= 11 is 0. The summed E-state index contributed by atoms with van der Waals surface area (Å²) in [6.45, 7) is 4.77. The number of aryl methyl sites for hydroxylation is 1. The van der Waals surface area contributed by atoms with Crippen LogP contribution in [0.15, 0.2) is 18.2 Å². The molecule has 0 amide bonds. The lowest BCUT2D eigenvalue weighted by molar-refractivity contribution is -0.136. The third-order valence-corrected chi connectivity index (χ3v) is 4.17. The van der Waals surface area contributed by atoms with E-state index in [4.69, 9.17) is 10.8 Å². The largest absolute Gasteiger partial charge is 0.508 e. The zero-order valence-corrected chi connectivity index (χ0v) is 15.2. The number of carboxylic acid groups (broad SMARTS) is 1. The van der Waals surface area contributed by atoms with Gasteiger partial charge in [0.1, 0.15) is 11.6 Å². The van der Waals surface area contributed by atoms with Crippen molar-refractivity contribution in [2.75, 3.05) is 17.6 Å². The number of carbonyl (C=O) groups is 1. The standard InChI is InChI=1S/C19H26N4O3/c1-3-4-5-8-21-18-15(12(2)22-19(20)23-18)11-14-9-13(10-17(25)26)6-7-16(14)24/h6-7,9,24H,3-5,8,10-11H2,1-2H3,(H,25,26)(H3,20,21,22,23). The first-order valence-electron chi connectivity index (χ1n) is 8.80. The SMILES string of the molecule is CCCCCNc1nc(N)nc(C)c1Cc1cc(CC(=O)O)ccc1O. The Hall–Kier alpha value is -2.83. The van der Waals surface area contributed by atoms with Crippen LogP contribution in [0.5, 0.6) is 5.75 Å². The maximum atomic E-state index is 10.9. The number of hydrogen-bond acceptors (Lipinski definition) is 6. The Morgan fingerprint density at radius 3 is 2.73 bits per heavy atom. The van der Waals surface area contributed by atoms with Gasteiger partial charge in [-0.1, -0.05) is 31.9 Å². The second kappa shape index (κ2) is 9.03. The first-order chi connectivity index (χ1) is 12.4. The molecule has 0 saturated carbocycles. The summed E-state index contributed by atoms with van der Waals surface area (Å²) in [7, 11) is 0. The van der Waals surface area contributed by atoms with Crippen molar-refractivity contribution in [3.63, 3.8) is 0 Å². The van der Waals surface area contributed by atoms with Gasteiger partial charge < -0.3 is 21.3 Å². The van der Waals surface area contributed by atoms with Gasteiger partial charge in [-0.05, 0) is 30.5 Å². The maximum absolute atomic E-state index is 10.9. The Morgan fingerprint density at radius 2 is 2.04 bits per heavy atom. The van der Waals surface area contributed by atoms with E-state index in [1.54, 1.807) is 12.1 Å². The van der Waals surface area contributed by atoms with Gasteiger partial charge >= 0.3 is 5.97 Å². The topological polar surface area (TPSA) is 121 Å². The van der Waals surface area contributed by atoms with Crippen LogP contribution in [0.4, 0.5) is 11.8 Å². The minimum Gasteiger partial charge on any atom is -0.508 e. The van der Waals surface area contributed by atoms with E-state index in [2.05, 4.69) is 22.2 Å². The molecule has 2 aromatic rings. The molecule has 0 spiro atoms. The first kappa shape index (κ1) is 19.5. The minimum atomic E-state index is -0.910. The number of nitrogens with one attached hydrogen (secondary N) is 1. The molecule has 5 N–H and O–H groups in total. The number of aromatic nitrogens is 2. The molecule has 0 unspecified atom stereocenters. The molecule has 0 fully saturated rings. The number of unbranched alkanes of at least 4 members (excludes halogenated alkanes) is 2. The molecule has 1 aromatic heterocycles. The first-order valence-corrected chi connectivity index (χ1v) is 8.80. The van der Waals surface area contributed by atoms with Crippen LogP contribution in [0.25, 0.3) is 0 Å². The number of rotatable bonds is 9. The van der Waals surface area contributed by atoms with Gasteiger partial charge in [-0.15, -0.1) is 0 Å². The van der Waals surface area contributed by atoms with Crippen LogP contribution < -0.4 is 11.1 Å². The normalized spacial score (nSPS) is 10.7. The fraction of sp³-hybridized carbons (Fsp3) is 0.421. The van der Waals surface area contributed by atoms with Crippen LogP contribution in [0.1, 0.15) is 48.6 Å². The van der Waals surface area contributed by atoms with Gasteiger partial charge in [0.25, 0.3) is 0 Å². The van der Waals surface area contributed by atoms with Crippen molar-refractivity contribution in [1.82, 2.24) is 9.97 Å². The van der Waals surface area contributed by atoms with Crippen molar-refractivity contribution in [2.45, 2.75) is 46.0 Å². The average Bonchev–Trinajstić information content (AvgIpc) is 2.56. The third-order valence-electron chi connectivity index (χ3n) is 4.17. The molecule has 1 heterocycles. The van der Waals surface area contributed by atoms with E-state index < -0.39 is 5.97 Å². The van der Waals surface area contributed by atoms with Crippen LogP contribution in [0.3, 0.4) is 0 Å². The van der Waals surface area contributed by atoms with Crippen molar-refractivity contribution >= 4 is 17.7 Å². The highest BCUT2D eigenvalue weighted by atomic mass is 16.4. The number of aromatic hydroxyl groups is 1. The molecule has 140 valence electrons. The van der Waals surface area contributed by atoms with Crippen molar-refractivity contribution in [1.29, 1.82) is 0 Å². The smallest absolute Gasteiger partial charge is 0.307 e. The molecule has 0 aliphatic heterocycles. The maximum Gasteiger partial charge on any atom is 0.307 e. The van der Waals surface area contributed by atoms with Gasteiger partial charge in [0.15, 0.2) is 0 Å². The van der Waals surface area contributed by atoms with Crippen molar-refractivity contribution < 1.29 is 15.0 Å². The summed E-state index contributed by atoms with van der Waals surface area (Å²) in [6.07, 6.45) is 3.58. The minimum absolute atomic E-state index is 0.0906. The summed E-state index contributed by atoms with van der Waals surface area (Å²) in [5.41, 5.74) is 8.64. The molecule has 7 heteroatoms. The number of carboxylic acids is 1. The van der Waals surface area contributed by atoms with Crippen LogP contribution >= 0.6 is 0 Å². The van der Waals surface area contributed by atoms with Gasteiger partial charge in [-0.25, -0.2) is 4.98 Å². The molecular weight excluding hydrogens is 332 g/mol. The molecule has 1 aromatic carbocycles. The number of anilines is 2. The Bertz CT molecular complexity index is 778. The molecular formula is C19H26N4O3. The molecule has 0 atom stereocenters. The summed E-state index contributed by atoms with van der Waals surface area (Å²) in [5, 5.41) is 22.5. The van der Waals surface area contributed by atoms with E-state index >= 15 is 0 Å². The Balaban J connectivity index is 2.29. The predicted octanol–water partition coefficient (Wildman–Crippen LogP) is 2.89. The summed E-state index contributed by atoms with van der Waals surface area (Å²) in [4.78, 5) is 19.5. The Labute approximate surface area is 153 Å². The summed E-state index contributed by atoms with van der Waals surface area (Å²) in [5.74, 6) is 0.0708. The fourth-order valence-electron chi connectivity index (χ4n) is 2.81. The average molecular weight is 358 g/mol. The molecule has 0 aliphatic rings. The van der Waals surface area contributed by atoms with Crippen molar-refractivity contribution in [3.8, 4) is 5.75 Å². The van der Waals surface area contributed by atoms with E-state index in [0.717, 1.165) is 37.1 Å². The van der Waals surface area contributed by atoms with Crippen LogP contribution in [0, 0.1) is 6.92 Å². The number of phenols is 1. The monoisotopic (exact) mass is 358 g/mol. The number of nitrogen functional groups attached to an aromatic ring is 1. The summed E-state index contributed by atoms with van der Waals surface area (Å²) in [6, 6.07) is 4.85. The van der Waals surface area contributed by atoms with Gasteiger partial charge in [0.05, 0.1) is 6.42 Å². The second-order valence-corrected chi connectivity index (χ2v) is 6.34. The highest BCUT2D eigenvalue weighted by molar-refractivity contribution is 5.70. The molecule has 0 radical (unpaired) electrons. The number of benzene rings is 1. The highest BCUT2D eigenvalue weighted by Crippen LogP contribution is 2.27. The van der Waals surface area contributed by atoms with Crippen molar-refractivity contribution in [2.24, 2.45) is 0 Å². The van der Waals surface area contributed by atoms with Crippen LogP contribution in [0.2, 0.25) is 0 Å². The van der Waals surface area contributed by atoms with Gasteiger partial charge in [0, 0.05) is 24.2 Å². The predicted molar refractivity (Wildman–Crippen MR) is 101 cm³/mol. The number of phenolic OH excluding ortho intramolecular Hbond substituents is 1. The zero-order valence-electron chi connectivity index (χ0n) is 15.2. The number of hydrogen-bond donors (Lipinski definition) is 4. The fourth-order valence-corrected chi connectivity index (χ4v) is 2.81. The van der Waals surface area contributed by atoms with Crippen LogP contribution in [-0.2, 0) is 17.6 Å².